The van der Waals surface area contributed by atoms with E-state index in [4.69, 9.17) is 0 Å². The molecule has 2 heteroatoms. The van der Waals surface area contributed by atoms with Gasteiger partial charge in [0.05, 0.1) is 0 Å². The second-order valence-corrected chi connectivity index (χ2v) is 4.00. The first kappa shape index (κ1) is 8.92. The van der Waals surface area contributed by atoms with Crippen molar-refractivity contribution in [1.29, 1.82) is 0 Å². The van der Waals surface area contributed by atoms with Crippen LogP contribution in [0.25, 0.3) is 0 Å². The van der Waals surface area contributed by atoms with Gasteiger partial charge in [0.2, 0.25) is 0 Å². The number of hydrogen-bond donors (Lipinski definition) is 1. The average molecular weight is 143 g/mol. The van der Waals surface area contributed by atoms with Crippen LogP contribution in [0.2, 0.25) is 6.04 Å². The van der Waals surface area contributed by atoms with Crippen molar-refractivity contribution < 1.29 is 0 Å². The van der Waals surface area contributed by atoms with E-state index in [0.717, 1.165) is 6.54 Å². The number of hydrogen-bond acceptors (Lipinski definition) is 1. The molecule has 0 aromatic rings. The maximum absolute atomic E-state index is 3.72. The largest absolute Gasteiger partial charge is 0.317 e. The third-order valence-electron chi connectivity index (χ3n) is 1.26. The molecule has 1 nitrogen and oxygen atoms in total. The first-order valence-corrected chi connectivity index (χ1v) is 5.55. The van der Waals surface area contributed by atoms with Crippen molar-refractivity contribution in [3.8, 4) is 0 Å². The molecule has 0 spiro atoms. The molecule has 0 fully saturated rings. The van der Waals surface area contributed by atoms with Gasteiger partial charge in [-0.2, -0.15) is 0 Å². The molecule has 0 radical (unpaired) electrons. The Labute approximate surface area is 60.4 Å². The van der Waals surface area contributed by atoms with Gasteiger partial charge >= 0.3 is 0 Å². The average Bonchev–Trinajstić information content (AvgIpc) is 1.89. The summed E-state index contributed by atoms with van der Waals surface area (Å²) in [5.74, 6) is 0. The predicted molar refractivity (Wildman–Crippen MR) is 46.7 cm³/mol. The Morgan fingerprint density at radius 1 is 1.67 bits per heavy atom. The van der Waals surface area contributed by atoms with Gasteiger partial charge in [-0.3, -0.25) is 0 Å². The maximum Gasteiger partial charge on any atom is 0.0446 e. The van der Waals surface area contributed by atoms with E-state index in [2.05, 4.69) is 24.5 Å². The Kier molecular flexibility index (Phi) is 7.84. The fourth-order valence-corrected chi connectivity index (χ4v) is 1.54. The molecule has 0 aromatic carbocycles. The first-order valence-electron chi connectivity index (χ1n) is 3.73. The highest BCUT2D eigenvalue weighted by Crippen LogP contribution is 1.85. The zero-order valence-corrected chi connectivity index (χ0v) is 7.73. The van der Waals surface area contributed by atoms with Crippen molar-refractivity contribution in [3.63, 3.8) is 0 Å². The Morgan fingerprint density at radius 2 is 2.44 bits per heavy atom. The zero-order valence-electron chi connectivity index (χ0n) is 6.32. The maximum atomic E-state index is 3.72. The molecule has 0 amide bonds. The van der Waals surface area contributed by atoms with E-state index < -0.39 is 0 Å². The van der Waals surface area contributed by atoms with Crippen LogP contribution in [0.1, 0.15) is 13.3 Å². The normalized spacial score (nSPS) is 10.8. The van der Waals surface area contributed by atoms with E-state index in [9.17, 15) is 0 Å². The fourth-order valence-electron chi connectivity index (χ4n) is 0.715. The highest BCUT2D eigenvalue weighted by molar-refractivity contribution is 6.41. The molecule has 0 heterocycles. The van der Waals surface area contributed by atoms with E-state index in [-0.39, 0.29) is 9.52 Å². The van der Waals surface area contributed by atoms with Crippen LogP contribution in [0.4, 0.5) is 0 Å². The third-order valence-corrected chi connectivity index (χ3v) is 2.58. The second-order valence-electron chi connectivity index (χ2n) is 2.14. The topological polar surface area (TPSA) is 12.0 Å². The summed E-state index contributed by atoms with van der Waals surface area (Å²) in [5.41, 5.74) is 2.12. The van der Waals surface area contributed by atoms with E-state index in [1.54, 1.807) is 0 Å². The van der Waals surface area contributed by atoms with Gasteiger partial charge in [0, 0.05) is 9.52 Å². The van der Waals surface area contributed by atoms with Gasteiger partial charge in [-0.1, -0.05) is 13.0 Å². The van der Waals surface area contributed by atoms with Gasteiger partial charge in [-0.15, -0.1) is 12.3 Å². The van der Waals surface area contributed by atoms with Crippen molar-refractivity contribution in [1.82, 2.24) is 5.32 Å². The summed E-state index contributed by atoms with van der Waals surface area (Å²) >= 11 is 0. The lowest BCUT2D eigenvalue weighted by atomic mass is 10.5. The number of rotatable bonds is 6. The van der Waals surface area contributed by atoms with Crippen LogP contribution in [0.5, 0.6) is 0 Å². The van der Waals surface area contributed by atoms with E-state index in [1.807, 2.05) is 0 Å². The Balaban J connectivity index is 2.66. The molecule has 54 valence electrons. The van der Waals surface area contributed by atoms with Crippen molar-refractivity contribution >= 4 is 9.52 Å². The highest BCUT2D eigenvalue weighted by Gasteiger charge is 1.83. The van der Waals surface area contributed by atoms with Crippen LogP contribution >= 0.6 is 0 Å². The van der Waals surface area contributed by atoms with Crippen LogP contribution in [0.15, 0.2) is 12.3 Å². The summed E-state index contributed by atoms with van der Waals surface area (Å²) in [6.45, 7) is 8.16. The molecule has 0 atom stereocenters. The zero-order chi connectivity index (χ0) is 6.95. The van der Waals surface area contributed by atoms with Gasteiger partial charge in [-0.05, 0) is 19.5 Å². The summed E-state index contributed by atoms with van der Waals surface area (Å²) < 4.78 is 0. The molecule has 0 saturated heterocycles. The predicted octanol–water partition coefficient (Wildman–Crippen LogP) is 0.717. The van der Waals surface area contributed by atoms with Crippen LogP contribution in [0.3, 0.4) is 0 Å². The van der Waals surface area contributed by atoms with Crippen molar-refractivity contribution in [2.45, 2.75) is 19.4 Å². The highest BCUT2D eigenvalue weighted by atomic mass is 28.2. The lowest BCUT2D eigenvalue weighted by Crippen LogP contribution is -2.13. The minimum atomic E-state index is 0.118. The second kappa shape index (κ2) is 7.92. The summed E-state index contributed by atoms with van der Waals surface area (Å²) in [6.07, 6.45) is 1.34. The Morgan fingerprint density at radius 3 is 3.00 bits per heavy atom. The van der Waals surface area contributed by atoms with E-state index in [1.165, 1.54) is 19.0 Å². The smallest absolute Gasteiger partial charge is 0.0446 e. The van der Waals surface area contributed by atoms with Crippen molar-refractivity contribution in [2.24, 2.45) is 0 Å². The lowest BCUT2D eigenvalue weighted by Gasteiger charge is -1.97. The molecule has 0 bridgehead atoms. The number of nitrogens with one attached hydrogen (secondary N) is 1. The first-order chi connectivity index (χ1) is 4.41. The summed E-state index contributed by atoms with van der Waals surface area (Å²) in [5, 5.41) is 3.30. The van der Waals surface area contributed by atoms with E-state index >= 15 is 0 Å². The molecule has 0 aromatic heterocycles. The molecule has 0 saturated carbocycles. The van der Waals surface area contributed by atoms with Crippen LogP contribution < -0.4 is 5.32 Å². The standard InChI is InChI=1S/C7H17NSi/c1-3-8-6-5-7-9-4-2/h4,8H,2-3,5-7,9H2,1H3. The molecule has 0 aliphatic heterocycles. The quantitative estimate of drug-likeness (QED) is 0.427. The SMILES string of the molecule is C=C[SiH2]CCCNCC. The summed E-state index contributed by atoms with van der Waals surface area (Å²) in [4.78, 5) is 0. The fraction of sp³-hybridized carbons (Fsp3) is 0.714. The van der Waals surface area contributed by atoms with Gasteiger partial charge in [-0.25, -0.2) is 0 Å². The molecule has 1 N–H and O–H groups in total. The molecule has 0 aliphatic carbocycles. The van der Waals surface area contributed by atoms with Crippen LogP contribution in [-0.2, 0) is 0 Å². The molecule has 0 aliphatic rings. The molecule has 9 heavy (non-hydrogen) atoms. The Hall–Kier alpha value is -0.0831. The van der Waals surface area contributed by atoms with Gasteiger partial charge in [0.1, 0.15) is 0 Å². The molecular formula is C7H17NSi. The summed E-state index contributed by atoms with van der Waals surface area (Å²) in [7, 11) is 0.118. The lowest BCUT2D eigenvalue weighted by molar-refractivity contribution is 0.702. The minimum absolute atomic E-state index is 0.118. The van der Waals surface area contributed by atoms with E-state index in [0.29, 0.717) is 0 Å². The third kappa shape index (κ3) is 7.92. The van der Waals surface area contributed by atoms with Crippen molar-refractivity contribution in [3.05, 3.63) is 12.3 Å². The molecular weight excluding hydrogens is 126 g/mol. The molecule has 0 unspecified atom stereocenters. The summed E-state index contributed by atoms with van der Waals surface area (Å²) in [6, 6.07) is 1.41. The van der Waals surface area contributed by atoms with Crippen LogP contribution in [0, 0.1) is 0 Å². The van der Waals surface area contributed by atoms with Crippen LogP contribution in [-0.4, -0.2) is 22.6 Å². The molecule has 0 rings (SSSR count). The monoisotopic (exact) mass is 143 g/mol. The van der Waals surface area contributed by atoms with Crippen molar-refractivity contribution in [2.75, 3.05) is 13.1 Å². The Bertz CT molecular complexity index is 63.9. The van der Waals surface area contributed by atoms with Gasteiger partial charge < -0.3 is 5.32 Å². The van der Waals surface area contributed by atoms with Gasteiger partial charge in [0.15, 0.2) is 0 Å². The minimum Gasteiger partial charge on any atom is -0.317 e. The van der Waals surface area contributed by atoms with Gasteiger partial charge in [0.25, 0.3) is 0 Å².